The SMILES string of the molecule is CCC(=O)N1CC=C(c2cc3c(Nc4ccc5ncsc5c4)ncnc3[nH]2)CC1.CCCC(F)CCC. The fraction of sp³-hybridized carbons (Fsp3) is 0.429. The molecule has 7 nitrogen and oxygen atoms in total. The second-order valence-electron chi connectivity index (χ2n) is 9.17. The number of thiazole rings is 1. The number of aromatic nitrogens is 4. The maximum Gasteiger partial charge on any atom is 0.222 e. The first-order valence-electron chi connectivity index (χ1n) is 13.1. The number of hydrogen-bond acceptors (Lipinski definition) is 6. The van der Waals surface area contributed by atoms with Gasteiger partial charge in [-0.25, -0.2) is 19.3 Å². The van der Waals surface area contributed by atoms with E-state index in [2.05, 4.69) is 43.5 Å². The Hall–Kier alpha value is -3.33. The smallest absolute Gasteiger partial charge is 0.222 e. The Bertz CT molecular complexity index is 1360. The predicted octanol–water partition coefficient (Wildman–Crippen LogP) is 7.26. The van der Waals surface area contributed by atoms with Crippen LogP contribution in [-0.4, -0.2) is 50.0 Å². The van der Waals surface area contributed by atoms with Crippen LogP contribution in [0.25, 0.3) is 26.8 Å². The molecular formula is C28H35FN6OS. The molecule has 4 heterocycles. The van der Waals surface area contributed by atoms with Gasteiger partial charge < -0.3 is 15.2 Å². The molecule has 0 saturated heterocycles. The Labute approximate surface area is 221 Å². The summed E-state index contributed by atoms with van der Waals surface area (Å²) in [5, 5.41) is 4.35. The Balaban J connectivity index is 0.000000349. The summed E-state index contributed by atoms with van der Waals surface area (Å²) in [6.07, 6.45) is 7.96. The molecule has 9 heteroatoms. The van der Waals surface area contributed by atoms with Crippen LogP contribution in [0.2, 0.25) is 0 Å². The molecule has 1 amide bonds. The number of halogens is 1. The zero-order valence-electron chi connectivity index (χ0n) is 21.8. The number of amides is 1. The lowest BCUT2D eigenvalue weighted by atomic mass is 10.0. The summed E-state index contributed by atoms with van der Waals surface area (Å²) in [5.41, 5.74) is 6.85. The molecule has 0 bridgehead atoms. The van der Waals surface area contributed by atoms with Crippen LogP contribution in [0.15, 0.2) is 42.2 Å². The monoisotopic (exact) mass is 522 g/mol. The lowest BCUT2D eigenvalue weighted by Crippen LogP contribution is -2.34. The number of carbonyl (C=O) groups is 1. The van der Waals surface area contributed by atoms with Gasteiger partial charge in [-0.15, -0.1) is 11.3 Å². The zero-order valence-corrected chi connectivity index (χ0v) is 22.6. The molecule has 1 aromatic carbocycles. The summed E-state index contributed by atoms with van der Waals surface area (Å²) in [4.78, 5) is 30.4. The number of carbonyl (C=O) groups excluding carboxylic acids is 1. The number of alkyl halides is 1. The van der Waals surface area contributed by atoms with Gasteiger partial charge in [0, 0.05) is 30.9 Å². The lowest BCUT2D eigenvalue weighted by Gasteiger charge is -2.25. The second-order valence-corrected chi connectivity index (χ2v) is 10.1. The average molecular weight is 523 g/mol. The summed E-state index contributed by atoms with van der Waals surface area (Å²) >= 11 is 1.62. The van der Waals surface area contributed by atoms with Crippen LogP contribution < -0.4 is 5.32 Å². The third-order valence-corrected chi connectivity index (χ3v) is 7.23. The van der Waals surface area contributed by atoms with E-state index in [0.29, 0.717) is 13.0 Å². The fourth-order valence-electron chi connectivity index (χ4n) is 4.42. The molecule has 0 radical (unpaired) electrons. The maximum absolute atomic E-state index is 12.4. The van der Waals surface area contributed by atoms with Crippen LogP contribution in [0.3, 0.4) is 0 Å². The first kappa shape index (κ1) is 26.7. The van der Waals surface area contributed by atoms with E-state index in [0.717, 1.165) is 77.1 Å². The van der Waals surface area contributed by atoms with Crippen LogP contribution in [0, 0.1) is 0 Å². The molecule has 196 valence electrons. The van der Waals surface area contributed by atoms with Crippen LogP contribution >= 0.6 is 11.3 Å². The number of rotatable bonds is 8. The van der Waals surface area contributed by atoms with E-state index in [9.17, 15) is 9.18 Å². The third kappa shape index (κ3) is 6.71. The normalized spacial score (nSPS) is 13.5. The topological polar surface area (TPSA) is 86.8 Å². The van der Waals surface area contributed by atoms with Crippen molar-refractivity contribution in [2.24, 2.45) is 0 Å². The number of benzene rings is 1. The van der Waals surface area contributed by atoms with E-state index in [4.69, 9.17) is 0 Å². The van der Waals surface area contributed by atoms with E-state index in [-0.39, 0.29) is 5.91 Å². The van der Waals surface area contributed by atoms with Crippen molar-refractivity contribution in [3.63, 3.8) is 0 Å². The lowest BCUT2D eigenvalue weighted by molar-refractivity contribution is -0.130. The van der Waals surface area contributed by atoms with E-state index >= 15 is 0 Å². The predicted molar refractivity (Wildman–Crippen MR) is 151 cm³/mol. The number of hydrogen-bond donors (Lipinski definition) is 2. The minimum absolute atomic E-state index is 0.201. The van der Waals surface area contributed by atoms with Gasteiger partial charge in [-0.05, 0) is 49.1 Å². The molecule has 0 atom stereocenters. The molecular weight excluding hydrogens is 487 g/mol. The molecule has 3 aromatic heterocycles. The molecule has 0 aliphatic carbocycles. The summed E-state index contributed by atoms with van der Waals surface area (Å²) in [6, 6.07) is 8.18. The van der Waals surface area contributed by atoms with Crippen molar-refractivity contribution in [1.29, 1.82) is 0 Å². The van der Waals surface area contributed by atoms with Crippen LogP contribution in [0.4, 0.5) is 15.9 Å². The van der Waals surface area contributed by atoms with E-state index in [1.807, 2.05) is 43.3 Å². The summed E-state index contributed by atoms with van der Waals surface area (Å²) < 4.78 is 13.5. The van der Waals surface area contributed by atoms with Gasteiger partial charge in [0.05, 0.1) is 21.1 Å². The zero-order chi connectivity index (χ0) is 26.2. The van der Waals surface area contributed by atoms with E-state index in [1.54, 1.807) is 17.7 Å². The van der Waals surface area contributed by atoms with E-state index in [1.165, 1.54) is 5.57 Å². The number of H-pyrrole nitrogens is 1. The molecule has 2 N–H and O–H groups in total. The highest BCUT2D eigenvalue weighted by Gasteiger charge is 2.18. The Morgan fingerprint density at radius 1 is 1.16 bits per heavy atom. The molecule has 0 fully saturated rings. The Kier molecular flexibility index (Phi) is 9.22. The van der Waals surface area contributed by atoms with Crippen molar-refractivity contribution in [1.82, 2.24) is 24.8 Å². The molecule has 0 saturated carbocycles. The van der Waals surface area contributed by atoms with Crippen molar-refractivity contribution >= 4 is 55.6 Å². The van der Waals surface area contributed by atoms with E-state index < -0.39 is 6.17 Å². The quantitative estimate of drug-likeness (QED) is 0.254. The van der Waals surface area contributed by atoms with Crippen molar-refractivity contribution in [2.45, 2.75) is 65.5 Å². The number of aromatic amines is 1. The van der Waals surface area contributed by atoms with Gasteiger partial charge in [0.2, 0.25) is 5.91 Å². The fourth-order valence-corrected chi connectivity index (χ4v) is 5.13. The summed E-state index contributed by atoms with van der Waals surface area (Å²) in [7, 11) is 0. The third-order valence-electron chi connectivity index (χ3n) is 6.43. The highest BCUT2D eigenvalue weighted by atomic mass is 32.1. The molecule has 0 spiro atoms. The minimum atomic E-state index is -0.537. The molecule has 1 aliphatic rings. The summed E-state index contributed by atoms with van der Waals surface area (Å²) in [6.45, 7) is 7.34. The molecule has 1 aliphatic heterocycles. The minimum Gasteiger partial charge on any atom is -0.340 e. The largest absolute Gasteiger partial charge is 0.340 e. The standard InChI is InChI=1S/C21H20N6OS.C7H15F/c1-2-19(28)27-7-5-13(6-8-27)17-10-15-20(22-11-23-21(15)26-17)25-14-3-4-16-18(9-14)29-12-24-16;1-3-5-7(8)6-4-2/h3-5,9-12H,2,6-8H2,1H3,(H2,22,23,25,26);7H,3-6H2,1-2H3. The average Bonchev–Trinajstić information content (AvgIpc) is 3.56. The van der Waals surface area contributed by atoms with Crippen LogP contribution in [-0.2, 0) is 4.79 Å². The molecule has 37 heavy (non-hydrogen) atoms. The van der Waals surface area contributed by atoms with Gasteiger partial charge in [0.1, 0.15) is 24.0 Å². The number of nitrogens with one attached hydrogen (secondary N) is 2. The van der Waals surface area contributed by atoms with Crippen LogP contribution in [0.1, 0.15) is 65.0 Å². The highest BCUT2D eigenvalue weighted by Crippen LogP contribution is 2.30. The second kappa shape index (κ2) is 12.8. The summed E-state index contributed by atoms with van der Waals surface area (Å²) in [5.74, 6) is 0.966. The van der Waals surface area contributed by atoms with Crippen molar-refractivity contribution in [3.8, 4) is 0 Å². The van der Waals surface area contributed by atoms with Gasteiger partial charge >= 0.3 is 0 Å². The van der Waals surface area contributed by atoms with Crippen molar-refractivity contribution in [3.05, 3.63) is 47.9 Å². The van der Waals surface area contributed by atoms with Gasteiger partial charge in [0.15, 0.2) is 0 Å². The van der Waals surface area contributed by atoms with Crippen LogP contribution in [0.5, 0.6) is 0 Å². The molecule has 5 rings (SSSR count). The van der Waals surface area contributed by atoms with Gasteiger partial charge in [-0.1, -0.05) is 39.7 Å². The first-order valence-corrected chi connectivity index (χ1v) is 14.0. The van der Waals surface area contributed by atoms with Gasteiger partial charge in [0.25, 0.3) is 0 Å². The van der Waals surface area contributed by atoms with Crippen molar-refractivity contribution in [2.75, 3.05) is 18.4 Å². The van der Waals surface area contributed by atoms with Gasteiger partial charge in [-0.2, -0.15) is 0 Å². The molecule has 0 unspecified atom stereocenters. The first-order chi connectivity index (χ1) is 18.0. The highest BCUT2D eigenvalue weighted by molar-refractivity contribution is 7.16. The number of nitrogens with zero attached hydrogens (tertiary/aromatic N) is 4. The van der Waals surface area contributed by atoms with Crippen molar-refractivity contribution < 1.29 is 9.18 Å². The number of fused-ring (bicyclic) bond motifs is 2. The maximum atomic E-state index is 12.4. The Morgan fingerprint density at radius 2 is 1.97 bits per heavy atom. The Morgan fingerprint density at radius 3 is 2.68 bits per heavy atom. The van der Waals surface area contributed by atoms with Gasteiger partial charge in [-0.3, -0.25) is 4.79 Å². The molecule has 4 aromatic rings. The number of anilines is 2.